The van der Waals surface area contributed by atoms with Gasteiger partial charge in [-0.1, -0.05) is 66.2 Å². The Balaban J connectivity index is 1.60. The summed E-state index contributed by atoms with van der Waals surface area (Å²) in [5.41, 5.74) is 5.64. The normalized spacial score (nSPS) is 11.8. The number of amides is 1. The summed E-state index contributed by atoms with van der Waals surface area (Å²) in [6.45, 7) is 3.39. The number of benzene rings is 4. The molecule has 0 saturated carbocycles. The largest absolute Gasteiger partial charge is 0.271 e. The number of hydrazone groups is 1. The zero-order valence-electron chi connectivity index (χ0n) is 18.7. The fraction of sp³-hybridized carbons (Fsp3) is 0.154. The quantitative estimate of drug-likeness (QED) is 0.261. The van der Waals surface area contributed by atoms with E-state index >= 15 is 0 Å². The molecule has 0 heterocycles. The van der Waals surface area contributed by atoms with Crippen molar-refractivity contribution in [3.8, 4) is 0 Å². The van der Waals surface area contributed by atoms with Gasteiger partial charge >= 0.3 is 0 Å². The number of carbonyl (C=O) groups is 1. The molecule has 168 valence electrons. The van der Waals surface area contributed by atoms with E-state index in [-0.39, 0.29) is 6.54 Å². The molecule has 7 heteroatoms. The Labute approximate surface area is 193 Å². The second-order valence-corrected chi connectivity index (χ2v) is 9.99. The van der Waals surface area contributed by atoms with Crippen LogP contribution in [0.2, 0.25) is 0 Å². The van der Waals surface area contributed by atoms with Crippen LogP contribution in [0.1, 0.15) is 16.7 Å². The van der Waals surface area contributed by atoms with Gasteiger partial charge in [0, 0.05) is 5.56 Å². The number of fused-ring (bicyclic) bond motifs is 2. The van der Waals surface area contributed by atoms with E-state index in [0.29, 0.717) is 5.69 Å². The molecule has 33 heavy (non-hydrogen) atoms. The molecule has 6 nitrogen and oxygen atoms in total. The van der Waals surface area contributed by atoms with Crippen molar-refractivity contribution in [3.63, 3.8) is 0 Å². The van der Waals surface area contributed by atoms with Crippen LogP contribution in [0.25, 0.3) is 21.5 Å². The summed E-state index contributed by atoms with van der Waals surface area (Å²) in [6.07, 6.45) is 2.70. The van der Waals surface area contributed by atoms with Gasteiger partial charge in [0.1, 0.15) is 6.54 Å². The number of aryl methyl sites for hydroxylation is 2. The monoisotopic (exact) mass is 459 g/mol. The maximum absolute atomic E-state index is 12.6. The Kier molecular flexibility index (Phi) is 6.16. The van der Waals surface area contributed by atoms with Gasteiger partial charge in [0.25, 0.3) is 5.91 Å². The number of carbonyl (C=O) groups excluding carboxylic acids is 1. The Morgan fingerprint density at radius 3 is 2.12 bits per heavy atom. The number of hydrogen-bond donors (Lipinski definition) is 1. The average molecular weight is 460 g/mol. The highest BCUT2D eigenvalue weighted by molar-refractivity contribution is 7.92. The Hall–Kier alpha value is -3.71. The van der Waals surface area contributed by atoms with Crippen LogP contribution < -0.4 is 9.73 Å². The topological polar surface area (TPSA) is 78.8 Å². The molecule has 0 bridgehead atoms. The molecule has 0 saturated heterocycles. The van der Waals surface area contributed by atoms with Gasteiger partial charge in [-0.3, -0.25) is 9.10 Å². The number of sulfonamides is 1. The van der Waals surface area contributed by atoms with Crippen LogP contribution in [0.4, 0.5) is 5.69 Å². The minimum Gasteiger partial charge on any atom is -0.271 e. The number of anilines is 1. The molecule has 0 aliphatic rings. The van der Waals surface area contributed by atoms with E-state index in [4.69, 9.17) is 0 Å². The summed E-state index contributed by atoms with van der Waals surface area (Å²) in [7, 11) is -3.66. The second kappa shape index (κ2) is 9.03. The fourth-order valence-corrected chi connectivity index (χ4v) is 4.90. The number of rotatable bonds is 6. The van der Waals surface area contributed by atoms with E-state index in [1.54, 1.807) is 12.3 Å². The fourth-order valence-electron chi connectivity index (χ4n) is 3.99. The molecule has 0 unspecified atom stereocenters. The molecule has 0 spiro atoms. The number of hydrogen-bond acceptors (Lipinski definition) is 4. The van der Waals surface area contributed by atoms with Crippen molar-refractivity contribution >= 4 is 49.4 Å². The molecule has 1 amide bonds. The minimum absolute atomic E-state index is 0.365. The molecule has 4 rings (SSSR count). The molecular formula is C26H25N3O3S. The summed E-state index contributed by atoms with van der Waals surface area (Å²) in [5, 5.41) is 8.34. The van der Waals surface area contributed by atoms with Crippen molar-refractivity contribution < 1.29 is 13.2 Å². The smallest absolute Gasteiger partial charge is 0.260 e. The maximum atomic E-state index is 12.6. The van der Waals surface area contributed by atoms with Gasteiger partial charge in [-0.25, -0.2) is 13.8 Å². The lowest BCUT2D eigenvalue weighted by Crippen LogP contribution is -2.39. The first-order valence-electron chi connectivity index (χ1n) is 10.5. The van der Waals surface area contributed by atoms with Crippen LogP contribution >= 0.6 is 0 Å². The molecule has 0 radical (unpaired) electrons. The van der Waals surface area contributed by atoms with Crippen LogP contribution in [0, 0.1) is 13.8 Å². The number of nitrogens with zero attached hydrogens (tertiary/aromatic N) is 2. The van der Waals surface area contributed by atoms with Crippen molar-refractivity contribution in [2.24, 2.45) is 5.10 Å². The highest BCUT2D eigenvalue weighted by atomic mass is 32.2. The Morgan fingerprint density at radius 2 is 1.55 bits per heavy atom. The first kappa shape index (κ1) is 22.5. The SMILES string of the molecule is Cc1ccc(N(CC(=O)N/N=C\c2c3ccccc3cc3ccccc23)S(C)(=O)=O)c(C)c1. The third kappa shape index (κ3) is 4.88. The standard InChI is InChI=1S/C26H25N3O3S/c1-18-12-13-25(19(2)14-18)29(33(3,31)32)17-26(30)28-27-16-24-22-10-6-4-8-20(22)15-21-9-5-7-11-23(21)24/h4-16H,17H2,1-3H3,(H,28,30)/b27-16-. The first-order valence-corrected chi connectivity index (χ1v) is 12.4. The lowest BCUT2D eigenvalue weighted by atomic mass is 9.97. The third-order valence-corrected chi connectivity index (χ3v) is 6.63. The molecule has 4 aromatic rings. The van der Waals surface area contributed by atoms with E-state index in [0.717, 1.165) is 48.8 Å². The van der Waals surface area contributed by atoms with Crippen LogP contribution in [-0.4, -0.2) is 33.3 Å². The summed E-state index contributed by atoms with van der Waals surface area (Å²) >= 11 is 0. The zero-order valence-corrected chi connectivity index (χ0v) is 19.6. The van der Waals surface area contributed by atoms with Gasteiger partial charge in [0.15, 0.2) is 0 Å². The molecule has 4 aromatic carbocycles. The molecule has 1 N–H and O–H groups in total. The second-order valence-electron chi connectivity index (χ2n) is 8.09. The lowest BCUT2D eigenvalue weighted by Gasteiger charge is -2.23. The highest BCUT2D eigenvalue weighted by Gasteiger charge is 2.22. The van der Waals surface area contributed by atoms with Gasteiger partial charge in [0.05, 0.1) is 18.2 Å². The van der Waals surface area contributed by atoms with E-state index in [2.05, 4.69) is 16.6 Å². The van der Waals surface area contributed by atoms with Crippen LogP contribution in [0.15, 0.2) is 77.9 Å². The van der Waals surface area contributed by atoms with Crippen LogP contribution in [0.5, 0.6) is 0 Å². The van der Waals surface area contributed by atoms with Gasteiger partial charge in [-0.2, -0.15) is 5.10 Å². The van der Waals surface area contributed by atoms with Crippen molar-refractivity contribution in [3.05, 3.63) is 89.5 Å². The Morgan fingerprint density at radius 1 is 0.939 bits per heavy atom. The molecule has 0 fully saturated rings. The molecular weight excluding hydrogens is 434 g/mol. The molecule has 0 aromatic heterocycles. The predicted molar refractivity (Wildman–Crippen MR) is 135 cm³/mol. The summed E-state index contributed by atoms with van der Waals surface area (Å²) in [4.78, 5) is 12.6. The average Bonchev–Trinajstić information content (AvgIpc) is 2.77. The minimum atomic E-state index is -3.66. The Bertz CT molecular complexity index is 1440. The van der Waals surface area contributed by atoms with Crippen molar-refractivity contribution in [1.82, 2.24) is 5.43 Å². The van der Waals surface area contributed by atoms with Crippen LogP contribution in [-0.2, 0) is 14.8 Å². The van der Waals surface area contributed by atoms with E-state index in [9.17, 15) is 13.2 Å². The van der Waals surface area contributed by atoms with Crippen LogP contribution in [0.3, 0.4) is 0 Å². The van der Waals surface area contributed by atoms with E-state index < -0.39 is 15.9 Å². The van der Waals surface area contributed by atoms with Crippen molar-refractivity contribution in [2.75, 3.05) is 17.1 Å². The number of nitrogens with one attached hydrogen (secondary N) is 1. The maximum Gasteiger partial charge on any atom is 0.260 e. The summed E-state index contributed by atoms with van der Waals surface area (Å²) < 4.78 is 25.9. The van der Waals surface area contributed by atoms with Gasteiger partial charge in [-0.15, -0.1) is 0 Å². The lowest BCUT2D eigenvalue weighted by molar-refractivity contribution is -0.119. The van der Waals surface area contributed by atoms with Gasteiger partial charge in [0.2, 0.25) is 10.0 Å². The molecule has 0 atom stereocenters. The highest BCUT2D eigenvalue weighted by Crippen LogP contribution is 2.27. The molecule has 0 aliphatic heterocycles. The van der Waals surface area contributed by atoms with Crippen molar-refractivity contribution in [1.29, 1.82) is 0 Å². The van der Waals surface area contributed by atoms with E-state index in [1.165, 1.54) is 0 Å². The van der Waals surface area contributed by atoms with Crippen molar-refractivity contribution in [2.45, 2.75) is 13.8 Å². The summed E-state index contributed by atoms with van der Waals surface area (Å²) in [6, 6.07) is 23.5. The predicted octanol–water partition coefficient (Wildman–Crippen LogP) is 4.53. The summed E-state index contributed by atoms with van der Waals surface area (Å²) in [5.74, 6) is -0.527. The third-order valence-electron chi connectivity index (χ3n) is 5.50. The zero-order chi connectivity index (χ0) is 23.6. The molecule has 0 aliphatic carbocycles. The van der Waals surface area contributed by atoms with Gasteiger partial charge < -0.3 is 0 Å². The van der Waals surface area contributed by atoms with E-state index in [1.807, 2.05) is 74.5 Å². The first-order chi connectivity index (χ1) is 15.7. The van der Waals surface area contributed by atoms with Gasteiger partial charge in [-0.05, 0) is 53.1 Å².